The minimum absolute atomic E-state index is 0.0357. The zero-order valence-corrected chi connectivity index (χ0v) is 10.7. The van der Waals surface area contributed by atoms with Gasteiger partial charge in [0.2, 0.25) is 0 Å². The Balaban J connectivity index is 2.19. The second-order valence-corrected chi connectivity index (χ2v) is 3.70. The summed E-state index contributed by atoms with van der Waals surface area (Å²) in [6.45, 7) is 2.67. The molecule has 0 fully saturated rings. The molecular formula is C14H18O4. The number of ether oxygens (including phenoxy) is 3. The largest absolute Gasteiger partial charge is 0.508 e. The fourth-order valence-electron chi connectivity index (χ4n) is 1.28. The quantitative estimate of drug-likeness (QED) is 0.575. The van der Waals surface area contributed by atoms with E-state index in [1.54, 1.807) is 6.08 Å². The minimum Gasteiger partial charge on any atom is -0.438 e. The van der Waals surface area contributed by atoms with E-state index >= 15 is 0 Å². The molecule has 0 N–H and O–H groups in total. The van der Waals surface area contributed by atoms with Crippen molar-refractivity contribution in [3.05, 3.63) is 48.0 Å². The van der Waals surface area contributed by atoms with Crippen molar-refractivity contribution in [3.8, 4) is 0 Å². The molecular weight excluding hydrogens is 232 g/mol. The zero-order chi connectivity index (χ0) is 13.2. The predicted molar refractivity (Wildman–Crippen MR) is 68.2 cm³/mol. The van der Waals surface area contributed by atoms with Crippen LogP contribution < -0.4 is 0 Å². The Morgan fingerprint density at radius 3 is 2.72 bits per heavy atom. The Kier molecular flexibility index (Phi) is 6.58. The van der Waals surface area contributed by atoms with E-state index in [1.807, 2.05) is 43.3 Å². The number of carbonyl (C=O) groups is 1. The van der Waals surface area contributed by atoms with E-state index in [9.17, 15) is 4.79 Å². The third-order valence-corrected chi connectivity index (χ3v) is 2.23. The highest BCUT2D eigenvalue weighted by Gasteiger charge is 1.99. The maximum atomic E-state index is 10.7. The van der Waals surface area contributed by atoms with Crippen LogP contribution >= 0.6 is 0 Å². The van der Waals surface area contributed by atoms with Crippen LogP contribution in [0.15, 0.2) is 42.5 Å². The zero-order valence-electron chi connectivity index (χ0n) is 10.7. The van der Waals surface area contributed by atoms with Crippen molar-refractivity contribution in [1.82, 2.24) is 0 Å². The third kappa shape index (κ3) is 6.06. The van der Waals surface area contributed by atoms with Crippen LogP contribution in [0.1, 0.15) is 12.5 Å². The van der Waals surface area contributed by atoms with Crippen molar-refractivity contribution in [2.45, 2.75) is 19.6 Å². The monoisotopic (exact) mass is 250 g/mol. The van der Waals surface area contributed by atoms with Crippen molar-refractivity contribution in [2.24, 2.45) is 0 Å². The highest BCUT2D eigenvalue weighted by atomic mass is 16.7. The van der Waals surface area contributed by atoms with Gasteiger partial charge in [0.05, 0.1) is 19.8 Å². The summed E-state index contributed by atoms with van der Waals surface area (Å²) in [5, 5.41) is 0. The van der Waals surface area contributed by atoms with Crippen molar-refractivity contribution in [2.75, 3.05) is 13.7 Å². The van der Waals surface area contributed by atoms with Crippen LogP contribution in [-0.2, 0) is 20.8 Å². The molecule has 0 aliphatic carbocycles. The molecule has 1 aromatic carbocycles. The Morgan fingerprint density at radius 2 is 2.06 bits per heavy atom. The first kappa shape index (κ1) is 14.3. The molecule has 0 aliphatic rings. The second-order valence-electron chi connectivity index (χ2n) is 3.70. The van der Waals surface area contributed by atoms with Crippen LogP contribution in [-0.4, -0.2) is 26.0 Å². The number of rotatable bonds is 6. The van der Waals surface area contributed by atoms with Crippen molar-refractivity contribution >= 4 is 6.16 Å². The minimum atomic E-state index is -0.683. The van der Waals surface area contributed by atoms with Gasteiger partial charge in [-0.25, -0.2) is 4.79 Å². The van der Waals surface area contributed by atoms with Crippen molar-refractivity contribution < 1.29 is 19.0 Å². The van der Waals surface area contributed by atoms with Gasteiger partial charge in [-0.3, -0.25) is 0 Å². The van der Waals surface area contributed by atoms with Gasteiger partial charge in [0, 0.05) is 0 Å². The van der Waals surface area contributed by atoms with E-state index in [0.717, 1.165) is 5.56 Å². The molecule has 1 aromatic rings. The van der Waals surface area contributed by atoms with Crippen molar-refractivity contribution in [3.63, 3.8) is 0 Å². The average molecular weight is 250 g/mol. The summed E-state index contributed by atoms with van der Waals surface area (Å²) in [6, 6.07) is 9.94. The first-order valence-corrected chi connectivity index (χ1v) is 5.75. The Labute approximate surface area is 107 Å². The molecule has 4 nitrogen and oxygen atoms in total. The number of methoxy groups -OCH3 is 1. The van der Waals surface area contributed by atoms with E-state index in [1.165, 1.54) is 7.11 Å². The SMILES string of the molecule is COC(=O)OC/C=C/[C@H](C)OCc1ccccc1. The lowest BCUT2D eigenvalue weighted by molar-refractivity contribution is 0.0772. The fourth-order valence-corrected chi connectivity index (χ4v) is 1.28. The predicted octanol–water partition coefficient (Wildman–Crippen LogP) is 2.93. The first-order valence-electron chi connectivity index (χ1n) is 5.75. The Hall–Kier alpha value is -1.81. The fraction of sp³-hybridized carbons (Fsp3) is 0.357. The highest BCUT2D eigenvalue weighted by molar-refractivity contribution is 5.59. The molecule has 0 spiro atoms. The van der Waals surface area contributed by atoms with Crippen LogP contribution in [0.3, 0.4) is 0 Å². The van der Waals surface area contributed by atoms with Gasteiger partial charge in [-0.15, -0.1) is 0 Å². The molecule has 1 rings (SSSR count). The van der Waals surface area contributed by atoms with Gasteiger partial charge in [-0.2, -0.15) is 0 Å². The summed E-state index contributed by atoms with van der Waals surface area (Å²) < 4.78 is 14.6. The van der Waals surface area contributed by atoms with Gasteiger partial charge in [0.15, 0.2) is 0 Å². The van der Waals surface area contributed by atoms with E-state index in [2.05, 4.69) is 4.74 Å². The van der Waals surface area contributed by atoms with E-state index in [0.29, 0.717) is 6.61 Å². The van der Waals surface area contributed by atoms with Crippen LogP contribution in [0.2, 0.25) is 0 Å². The van der Waals surface area contributed by atoms with Gasteiger partial charge in [0.1, 0.15) is 6.61 Å². The number of hydrogen-bond acceptors (Lipinski definition) is 4. The third-order valence-electron chi connectivity index (χ3n) is 2.23. The van der Waals surface area contributed by atoms with Gasteiger partial charge in [-0.05, 0) is 18.6 Å². The van der Waals surface area contributed by atoms with Crippen molar-refractivity contribution in [1.29, 1.82) is 0 Å². The average Bonchev–Trinajstić information content (AvgIpc) is 2.42. The molecule has 18 heavy (non-hydrogen) atoms. The maximum absolute atomic E-state index is 10.7. The lowest BCUT2D eigenvalue weighted by Crippen LogP contribution is -2.06. The summed E-state index contributed by atoms with van der Waals surface area (Å²) in [6.07, 6.45) is 2.85. The molecule has 0 bridgehead atoms. The van der Waals surface area contributed by atoms with Crippen LogP contribution in [0, 0.1) is 0 Å². The number of benzene rings is 1. The first-order chi connectivity index (χ1) is 8.72. The van der Waals surface area contributed by atoms with E-state index in [-0.39, 0.29) is 12.7 Å². The summed E-state index contributed by atoms with van der Waals surface area (Å²) in [7, 11) is 1.28. The number of carbonyl (C=O) groups excluding carboxylic acids is 1. The van der Waals surface area contributed by atoms with Gasteiger partial charge in [0.25, 0.3) is 0 Å². The summed E-state index contributed by atoms with van der Waals surface area (Å²) in [5.74, 6) is 0. The molecule has 0 saturated heterocycles. The summed E-state index contributed by atoms with van der Waals surface area (Å²) in [4.78, 5) is 10.7. The van der Waals surface area contributed by atoms with Gasteiger partial charge in [-0.1, -0.05) is 36.4 Å². The van der Waals surface area contributed by atoms with Crippen LogP contribution in [0.25, 0.3) is 0 Å². The Morgan fingerprint density at radius 1 is 1.33 bits per heavy atom. The molecule has 1 atom stereocenters. The molecule has 0 amide bonds. The van der Waals surface area contributed by atoms with Gasteiger partial charge >= 0.3 is 6.16 Å². The molecule has 0 heterocycles. The summed E-state index contributed by atoms with van der Waals surface area (Å²) >= 11 is 0. The lowest BCUT2D eigenvalue weighted by atomic mass is 10.2. The van der Waals surface area contributed by atoms with Gasteiger partial charge < -0.3 is 14.2 Å². The maximum Gasteiger partial charge on any atom is 0.508 e. The second kappa shape index (κ2) is 8.31. The smallest absolute Gasteiger partial charge is 0.438 e. The molecule has 0 aliphatic heterocycles. The molecule has 4 heteroatoms. The topological polar surface area (TPSA) is 44.8 Å². The molecule has 0 radical (unpaired) electrons. The van der Waals surface area contributed by atoms with Crippen LogP contribution in [0.4, 0.5) is 4.79 Å². The van der Waals surface area contributed by atoms with Crippen LogP contribution in [0.5, 0.6) is 0 Å². The molecule has 0 aromatic heterocycles. The Bertz CT molecular complexity index is 373. The summed E-state index contributed by atoms with van der Waals surface area (Å²) in [5.41, 5.74) is 1.13. The van der Waals surface area contributed by atoms with E-state index in [4.69, 9.17) is 9.47 Å². The normalized spacial score (nSPS) is 12.3. The molecule has 0 saturated carbocycles. The standard InChI is InChI=1S/C14H18O4/c1-12(7-6-10-17-14(15)16-2)18-11-13-8-4-3-5-9-13/h3-9,12H,10-11H2,1-2H3/b7-6+/t12-/m0/s1. The highest BCUT2D eigenvalue weighted by Crippen LogP contribution is 2.03. The molecule has 98 valence electrons. The molecule has 0 unspecified atom stereocenters. The van der Waals surface area contributed by atoms with E-state index < -0.39 is 6.16 Å². The lowest BCUT2D eigenvalue weighted by Gasteiger charge is -2.08. The number of hydrogen-bond donors (Lipinski definition) is 0.